The summed E-state index contributed by atoms with van der Waals surface area (Å²) < 4.78 is 43.1. The summed E-state index contributed by atoms with van der Waals surface area (Å²) in [7, 11) is -3.80. The second-order valence-corrected chi connectivity index (χ2v) is 10.6. The monoisotopic (exact) mass is 432 g/mol. The van der Waals surface area contributed by atoms with E-state index in [1.807, 2.05) is 6.92 Å². The molecule has 164 valence electrons. The normalized spacial score (nSPS) is 16.2. The highest BCUT2D eigenvalue weighted by atomic mass is 32.2. The number of anilines is 1. The molecule has 2 aromatic carbocycles. The summed E-state index contributed by atoms with van der Waals surface area (Å²) in [6, 6.07) is 11.4. The molecule has 0 aromatic heterocycles. The van der Waals surface area contributed by atoms with E-state index in [0.717, 1.165) is 44.5 Å². The first-order chi connectivity index (χ1) is 14.2. The number of piperidine rings is 1. The maximum absolute atomic E-state index is 14.4. The fourth-order valence-electron chi connectivity index (χ4n) is 3.91. The van der Waals surface area contributed by atoms with Crippen molar-refractivity contribution in [1.29, 1.82) is 0 Å². The molecule has 2 aromatic rings. The molecular weight excluding hydrogens is 399 g/mol. The summed E-state index contributed by atoms with van der Waals surface area (Å²) in [5.41, 5.74) is 1.91. The topological polar surface area (TPSA) is 40.6 Å². The zero-order valence-electron chi connectivity index (χ0n) is 18.4. The van der Waals surface area contributed by atoms with Crippen LogP contribution in [-0.2, 0) is 10.0 Å². The van der Waals surface area contributed by atoms with Crippen molar-refractivity contribution in [2.75, 3.05) is 23.9 Å². The minimum Gasteiger partial charge on any atom is -0.303 e. The van der Waals surface area contributed by atoms with E-state index in [2.05, 4.69) is 18.7 Å². The Hall–Kier alpha value is -1.92. The third kappa shape index (κ3) is 5.22. The Morgan fingerprint density at radius 3 is 2.27 bits per heavy atom. The van der Waals surface area contributed by atoms with Gasteiger partial charge in [0.25, 0.3) is 10.0 Å². The molecule has 0 unspecified atom stereocenters. The molecule has 0 spiro atoms. The van der Waals surface area contributed by atoms with Crippen molar-refractivity contribution in [3.05, 3.63) is 59.4 Å². The first kappa shape index (κ1) is 22.8. The fourth-order valence-corrected chi connectivity index (χ4v) is 5.61. The van der Waals surface area contributed by atoms with Gasteiger partial charge < -0.3 is 4.90 Å². The number of sulfonamides is 1. The van der Waals surface area contributed by atoms with Gasteiger partial charge in [-0.25, -0.2) is 12.8 Å². The molecule has 30 heavy (non-hydrogen) atoms. The molecular formula is C24H33FN2O2S. The third-order valence-corrected chi connectivity index (χ3v) is 7.79. The lowest BCUT2D eigenvalue weighted by molar-refractivity contribution is 0.204. The Morgan fingerprint density at radius 2 is 1.70 bits per heavy atom. The second-order valence-electron chi connectivity index (χ2n) is 8.80. The lowest BCUT2D eigenvalue weighted by Crippen LogP contribution is -2.48. The third-order valence-electron chi connectivity index (χ3n) is 5.90. The Morgan fingerprint density at radius 1 is 1.07 bits per heavy atom. The quantitative estimate of drug-likeness (QED) is 0.608. The number of nitrogens with zero attached hydrogens (tertiary/aromatic N) is 2. The van der Waals surface area contributed by atoms with E-state index in [-0.39, 0.29) is 16.8 Å². The standard InChI is InChI=1S/C24H33FN2O2S/c1-18(2)11-14-26-15-12-21(13-16-26)27(22-8-7-20(4)24(25)17-22)30(28,29)23-9-5-19(3)6-10-23/h5-10,17-18,21H,11-16H2,1-4H3. The van der Waals surface area contributed by atoms with Crippen LogP contribution in [0, 0.1) is 25.6 Å². The molecule has 0 amide bonds. The minimum absolute atomic E-state index is 0.186. The smallest absolute Gasteiger partial charge is 0.264 e. The predicted octanol–water partition coefficient (Wildman–Crippen LogP) is 5.15. The summed E-state index contributed by atoms with van der Waals surface area (Å²) in [6.45, 7) is 10.8. The number of aryl methyl sites for hydroxylation is 2. The lowest BCUT2D eigenvalue weighted by atomic mass is 10.0. The molecule has 0 bridgehead atoms. The van der Waals surface area contributed by atoms with Gasteiger partial charge in [-0.1, -0.05) is 37.6 Å². The minimum atomic E-state index is -3.80. The SMILES string of the molecule is Cc1ccc(S(=O)(=O)N(c2ccc(C)c(F)c2)C2CCN(CCC(C)C)CC2)cc1. The van der Waals surface area contributed by atoms with E-state index >= 15 is 0 Å². The van der Waals surface area contributed by atoms with E-state index in [9.17, 15) is 12.8 Å². The highest BCUT2D eigenvalue weighted by Crippen LogP contribution is 2.31. The summed E-state index contributed by atoms with van der Waals surface area (Å²) in [5.74, 6) is 0.266. The summed E-state index contributed by atoms with van der Waals surface area (Å²) in [6.07, 6.45) is 2.61. The molecule has 1 heterocycles. The van der Waals surface area contributed by atoms with Gasteiger partial charge in [0.15, 0.2) is 0 Å². The van der Waals surface area contributed by atoms with Gasteiger partial charge in [-0.2, -0.15) is 0 Å². The Balaban J connectivity index is 1.91. The molecule has 0 N–H and O–H groups in total. The maximum Gasteiger partial charge on any atom is 0.264 e. The van der Waals surface area contributed by atoms with Crippen LogP contribution in [0.2, 0.25) is 0 Å². The largest absolute Gasteiger partial charge is 0.303 e. The van der Waals surface area contributed by atoms with Crippen LogP contribution in [0.5, 0.6) is 0 Å². The van der Waals surface area contributed by atoms with Crippen LogP contribution >= 0.6 is 0 Å². The van der Waals surface area contributed by atoms with Gasteiger partial charge in [-0.3, -0.25) is 4.31 Å². The van der Waals surface area contributed by atoms with Gasteiger partial charge in [0.1, 0.15) is 5.82 Å². The van der Waals surface area contributed by atoms with Crippen molar-refractivity contribution in [2.45, 2.75) is 57.9 Å². The highest BCUT2D eigenvalue weighted by Gasteiger charge is 2.34. The van der Waals surface area contributed by atoms with Gasteiger partial charge in [-0.05, 0) is 75.4 Å². The lowest BCUT2D eigenvalue weighted by Gasteiger charge is -2.39. The molecule has 3 rings (SSSR count). The molecule has 1 aliphatic rings. The van der Waals surface area contributed by atoms with Crippen molar-refractivity contribution in [2.24, 2.45) is 5.92 Å². The van der Waals surface area contributed by atoms with Crippen LogP contribution in [0.3, 0.4) is 0 Å². The molecule has 1 saturated heterocycles. The number of hydrogen-bond acceptors (Lipinski definition) is 3. The van der Waals surface area contributed by atoms with Gasteiger partial charge >= 0.3 is 0 Å². The molecule has 1 aliphatic heterocycles. The summed E-state index contributed by atoms with van der Waals surface area (Å²) in [4.78, 5) is 2.65. The molecule has 4 nitrogen and oxygen atoms in total. The van der Waals surface area contributed by atoms with Crippen LogP contribution in [0.4, 0.5) is 10.1 Å². The van der Waals surface area contributed by atoms with Crippen LogP contribution in [-0.4, -0.2) is 39.0 Å². The molecule has 0 aliphatic carbocycles. The van der Waals surface area contributed by atoms with Crippen molar-refractivity contribution in [3.63, 3.8) is 0 Å². The van der Waals surface area contributed by atoms with Crippen molar-refractivity contribution in [1.82, 2.24) is 4.90 Å². The molecule has 6 heteroatoms. The van der Waals surface area contributed by atoms with Gasteiger partial charge in [0.2, 0.25) is 0 Å². The molecule has 1 fully saturated rings. The average Bonchev–Trinajstić information content (AvgIpc) is 2.70. The number of likely N-dealkylation sites (tertiary alicyclic amines) is 1. The van der Waals surface area contributed by atoms with Crippen molar-refractivity contribution >= 4 is 15.7 Å². The fraction of sp³-hybridized carbons (Fsp3) is 0.500. The zero-order chi connectivity index (χ0) is 21.9. The van der Waals surface area contributed by atoms with E-state index in [1.165, 1.54) is 10.4 Å². The van der Waals surface area contributed by atoms with Crippen LogP contribution in [0.15, 0.2) is 47.4 Å². The first-order valence-corrected chi connectivity index (χ1v) is 12.2. The average molecular weight is 433 g/mol. The molecule has 0 radical (unpaired) electrons. The van der Waals surface area contributed by atoms with Crippen LogP contribution in [0.25, 0.3) is 0 Å². The Bertz CT molecular complexity index is 950. The van der Waals surface area contributed by atoms with E-state index < -0.39 is 10.0 Å². The number of hydrogen-bond donors (Lipinski definition) is 0. The Kier molecular flexibility index (Phi) is 7.19. The van der Waals surface area contributed by atoms with Gasteiger partial charge in [0, 0.05) is 19.1 Å². The highest BCUT2D eigenvalue weighted by molar-refractivity contribution is 7.92. The second kappa shape index (κ2) is 9.48. The number of rotatable bonds is 7. The first-order valence-electron chi connectivity index (χ1n) is 10.8. The van der Waals surface area contributed by atoms with E-state index in [1.54, 1.807) is 43.3 Å². The van der Waals surface area contributed by atoms with Gasteiger partial charge in [-0.15, -0.1) is 0 Å². The van der Waals surface area contributed by atoms with Crippen molar-refractivity contribution < 1.29 is 12.8 Å². The zero-order valence-corrected chi connectivity index (χ0v) is 19.3. The molecule has 0 saturated carbocycles. The van der Waals surface area contributed by atoms with Crippen molar-refractivity contribution in [3.8, 4) is 0 Å². The summed E-state index contributed by atoms with van der Waals surface area (Å²) >= 11 is 0. The molecule has 0 atom stereocenters. The number of benzene rings is 2. The van der Waals surface area contributed by atoms with Crippen LogP contribution in [0.1, 0.15) is 44.2 Å². The Labute approximate surface area is 180 Å². The van der Waals surface area contributed by atoms with Crippen LogP contribution < -0.4 is 4.31 Å². The van der Waals surface area contributed by atoms with E-state index in [0.29, 0.717) is 17.2 Å². The predicted molar refractivity (Wildman–Crippen MR) is 121 cm³/mol. The van der Waals surface area contributed by atoms with E-state index in [4.69, 9.17) is 0 Å². The number of halogens is 1. The van der Waals surface area contributed by atoms with Gasteiger partial charge in [0.05, 0.1) is 10.6 Å². The maximum atomic E-state index is 14.4. The summed E-state index contributed by atoms with van der Waals surface area (Å²) in [5, 5.41) is 0.